The predicted molar refractivity (Wildman–Crippen MR) is 102 cm³/mol. The Morgan fingerprint density at radius 2 is 1.71 bits per heavy atom. The summed E-state index contributed by atoms with van der Waals surface area (Å²) < 4.78 is 0. The second-order valence-corrected chi connectivity index (χ2v) is 7.04. The molecule has 0 saturated carbocycles. The number of carbonyl (C=O) groups excluding carboxylic acids is 4. The van der Waals surface area contributed by atoms with E-state index in [1.165, 1.54) is 0 Å². The highest BCUT2D eigenvalue weighted by molar-refractivity contribution is 5.96. The molecule has 9 N–H and O–H groups in total. The fraction of sp³-hybridized carbons (Fsp3) is 0.647. The molecule has 0 aliphatic carbocycles. The number of nitrogens with two attached hydrogens (primary N) is 2. The molecule has 174 valence electrons. The Kier molecular flexibility index (Phi) is 9.82. The zero-order chi connectivity index (χ0) is 23.7. The highest BCUT2D eigenvalue weighted by Crippen LogP contribution is 2.20. The molecule has 1 aliphatic rings. The van der Waals surface area contributed by atoms with Gasteiger partial charge in [-0.05, 0) is 19.3 Å². The molecular weight excluding hydrogens is 418 g/mol. The average molecular weight is 445 g/mol. The van der Waals surface area contributed by atoms with Crippen LogP contribution in [0.3, 0.4) is 0 Å². The van der Waals surface area contributed by atoms with Gasteiger partial charge < -0.3 is 42.3 Å². The van der Waals surface area contributed by atoms with E-state index in [2.05, 4.69) is 10.6 Å². The minimum atomic E-state index is -1.47. The fourth-order valence-corrected chi connectivity index (χ4v) is 3.06. The Morgan fingerprint density at radius 1 is 1.06 bits per heavy atom. The predicted octanol–water partition coefficient (Wildman–Crippen LogP) is -3.91. The number of aliphatic carboxylic acids is 2. The number of hydrogen-bond acceptors (Lipinski definition) is 8. The van der Waals surface area contributed by atoms with Crippen LogP contribution in [0, 0.1) is 0 Å². The Hall–Kier alpha value is -3.26. The molecule has 1 saturated heterocycles. The molecule has 0 aromatic heterocycles. The van der Waals surface area contributed by atoms with Gasteiger partial charge in [0.15, 0.2) is 0 Å². The summed E-state index contributed by atoms with van der Waals surface area (Å²) in [5.41, 5.74) is 10.5. The summed E-state index contributed by atoms with van der Waals surface area (Å²) in [5, 5.41) is 31.3. The number of primary amides is 1. The van der Waals surface area contributed by atoms with Gasteiger partial charge in [0.2, 0.25) is 23.6 Å². The normalized spacial score (nSPS) is 18.5. The SMILES string of the molecule is NC(=O)CC(NC(=O)C(N)CO)C(=O)N1CCCC1C(=O)NC(CCC(=O)O)C(=O)O. The number of carboxylic acid groups (broad SMARTS) is 2. The van der Waals surface area contributed by atoms with E-state index in [1.807, 2.05) is 0 Å². The minimum absolute atomic E-state index is 0.0982. The van der Waals surface area contributed by atoms with Crippen LogP contribution in [0.25, 0.3) is 0 Å². The fourth-order valence-electron chi connectivity index (χ4n) is 3.06. The van der Waals surface area contributed by atoms with E-state index in [9.17, 15) is 33.9 Å². The summed E-state index contributed by atoms with van der Waals surface area (Å²) >= 11 is 0. The molecule has 1 rings (SSSR count). The van der Waals surface area contributed by atoms with E-state index in [0.29, 0.717) is 6.42 Å². The first-order valence-corrected chi connectivity index (χ1v) is 9.48. The van der Waals surface area contributed by atoms with Gasteiger partial charge in [-0.3, -0.25) is 24.0 Å². The molecule has 0 aromatic rings. The molecule has 4 amide bonds. The summed E-state index contributed by atoms with van der Waals surface area (Å²) in [6, 6.07) is -5.33. The van der Waals surface area contributed by atoms with Crippen molar-refractivity contribution in [1.82, 2.24) is 15.5 Å². The number of aliphatic hydroxyl groups excluding tert-OH is 1. The van der Waals surface area contributed by atoms with Crippen LogP contribution in [0.5, 0.6) is 0 Å². The van der Waals surface area contributed by atoms with Crippen LogP contribution >= 0.6 is 0 Å². The zero-order valence-corrected chi connectivity index (χ0v) is 16.7. The van der Waals surface area contributed by atoms with E-state index in [4.69, 9.17) is 21.7 Å². The van der Waals surface area contributed by atoms with Gasteiger partial charge in [-0.25, -0.2) is 4.79 Å². The topological polar surface area (TPSA) is 242 Å². The number of amides is 4. The first-order chi connectivity index (χ1) is 14.5. The lowest BCUT2D eigenvalue weighted by atomic mass is 10.1. The smallest absolute Gasteiger partial charge is 0.326 e. The summed E-state index contributed by atoms with van der Waals surface area (Å²) in [6.45, 7) is -0.605. The van der Waals surface area contributed by atoms with Crippen molar-refractivity contribution in [3.63, 3.8) is 0 Å². The maximum atomic E-state index is 12.9. The third kappa shape index (κ3) is 7.82. The molecule has 4 unspecified atom stereocenters. The lowest BCUT2D eigenvalue weighted by Crippen LogP contribution is -2.57. The largest absolute Gasteiger partial charge is 0.481 e. The maximum Gasteiger partial charge on any atom is 0.326 e. The Bertz CT molecular complexity index is 729. The van der Waals surface area contributed by atoms with Gasteiger partial charge in [-0.15, -0.1) is 0 Å². The van der Waals surface area contributed by atoms with Crippen molar-refractivity contribution in [3.8, 4) is 0 Å². The molecule has 0 radical (unpaired) electrons. The standard InChI is InChI=1S/C17H27N5O9/c18-8(7-23)14(27)21-10(6-12(19)24)16(29)22-5-1-2-11(22)15(28)20-9(17(30)31)3-4-13(25)26/h8-11,23H,1-7,18H2,(H2,19,24)(H,20,28)(H,21,27)(H,25,26)(H,30,31). The molecule has 0 aromatic carbocycles. The van der Waals surface area contributed by atoms with Crippen LogP contribution in [0.2, 0.25) is 0 Å². The molecule has 0 spiro atoms. The van der Waals surface area contributed by atoms with E-state index in [0.717, 1.165) is 4.90 Å². The van der Waals surface area contributed by atoms with Gasteiger partial charge >= 0.3 is 11.9 Å². The van der Waals surface area contributed by atoms with Crippen LogP contribution < -0.4 is 22.1 Å². The van der Waals surface area contributed by atoms with Crippen molar-refractivity contribution >= 4 is 35.6 Å². The number of aliphatic hydroxyl groups is 1. The second-order valence-electron chi connectivity index (χ2n) is 7.04. The van der Waals surface area contributed by atoms with Crippen molar-refractivity contribution in [2.45, 2.75) is 56.3 Å². The Morgan fingerprint density at radius 3 is 2.23 bits per heavy atom. The molecule has 0 bridgehead atoms. The molecule has 31 heavy (non-hydrogen) atoms. The summed E-state index contributed by atoms with van der Waals surface area (Å²) in [5.74, 6) is -6.07. The van der Waals surface area contributed by atoms with Crippen LogP contribution in [-0.2, 0) is 28.8 Å². The number of nitrogens with one attached hydrogen (secondary N) is 2. The van der Waals surface area contributed by atoms with Crippen LogP contribution in [-0.4, -0.2) is 93.1 Å². The first kappa shape index (κ1) is 25.8. The third-order valence-electron chi connectivity index (χ3n) is 4.65. The van der Waals surface area contributed by atoms with Gasteiger partial charge in [0.25, 0.3) is 0 Å². The molecule has 14 heteroatoms. The van der Waals surface area contributed by atoms with E-state index < -0.39 is 79.2 Å². The summed E-state index contributed by atoms with van der Waals surface area (Å²) in [6.07, 6.45) is -0.830. The van der Waals surface area contributed by atoms with Crippen LogP contribution in [0.4, 0.5) is 0 Å². The van der Waals surface area contributed by atoms with Crippen molar-refractivity contribution < 1.29 is 44.1 Å². The average Bonchev–Trinajstić information content (AvgIpc) is 3.18. The number of nitrogens with zero attached hydrogens (tertiary/aromatic N) is 1. The van der Waals surface area contributed by atoms with Gasteiger partial charge in [-0.2, -0.15) is 0 Å². The van der Waals surface area contributed by atoms with Crippen LogP contribution in [0.15, 0.2) is 0 Å². The number of hydrogen-bond donors (Lipinski definition) is 7. The lowest BCUT2D eigenvalue weighted by molar-refractivity contribution is -0.146. The Labute approximate surface area is 176 Å². The third-order valence-corrected chi connectivity index (χ3v) is 4.65. The zero-order valence-electron chi connectivity index (χ0n) is 16.7. The van der Waals surface area contributed by atoms with Gasteiger partial charge in [0, 0.05) is 13.0 Å². The van der Waals surface area contributed by atoms with Crippen molar-refractivity contribution in [3.05, 3.63) is 0 Å². The monoisotopic (exact) mass is 445 g/mol. The molecule has 14 nitrogen and oxygen atoms in total. The van der Waals surface area contributed by atoms with E-state index in [1.54, 1.807) is 0 Å². The lowest BCUT2D eigenvalue weighted by Gasteiger charge is -2.29. The van der Waals surface area contributed by atoms with Crippen molar-refractivity contribution in [2.24, 2.45) is 11.5 Å². The Balaban J connectivity index is 2.94. The van der Waals surface area contributed by atoms with Crippen LogP contribution in [0.1, 0.15) is 32.1 Å². The number of carboxylic acids is 2. The second kappa shape index (κ2) is 11.8. The molecule has 1 fully saturated rings. The maximum absolute atomic E-state index is 12.9. The summed E-state index contributed by atoms with van der Waals surface area (Å²) in [7, 11) is 0. The summed E-state index contributed by atoms with van der Waals surface area (Å²) in [4.78, 5) is 71.8. The van der Waals surface area contributed by atoms with Gasteiger partial charge in [0.1, 0.15) is 24.2 Å². The molecular formula is C17H27N5O9. The van der Waals surface area contributed by atoms with Gasteiger partial charge in [-0.1, -0.05) is 0 Å². The van der Waals surface area contributed by atoms with Gasteiger partial charge in [0.05, 0.1) is 13.0 Å². The van der Waals surface area contributed by atoms with E-state index >= 15 is 0 Å². The number of likely N-dealkylation sites (tertiary alicyclic amines) is 1. The highest BCUT2D eigenvalue weighted by atomic mass is 16.4. The number of rotatable bonds is 12. The number of carbonyl (C=O) groups is 6. The first-order valence-electron chi connectivity index (χ1n) is 9.48. The molecule has 4 atom stereocenters. The molecule has 1 aliphatic heterocycles. The quantitative estimate of drug-likeness (QED) is 0.154. The van der Waals surface area contributed by atoms with E-state index in [-0.39, 0.29) is 19.4 Å². The van der Waals surface area contributed by atoms with Crippen molar-refractivity contribution in [2.75, 3.05) is 13.2 Å². The molecule has 1 heterocycles. The minimum Gasteiger partial charge on any atom is -0.481 e. The highest BCUT2D eigenvalue weighted by Gasteiger charge is 2.39. The van der Waals surface area contributed by atoms with Crippen molar-refractivity contribution in [1.29, 1.82) is 0 Å².